The van der Waals surface area contributed by atoms with Gasteiger partial charge in [0.1, 0.15) is 0 Å². The molecule has 30 heavy (non-hydrogen) atoms. The summed E-state index contributed by atoms with van der Waals surface area (Å²) < 4.78 is 4.83. The van der Waals surface area contributed by atoms with Gasteiger partial charge >= 0.3 is 5.97 Å². The zero-order chi connectivity index (χ0) is 21.8. The minimum atomic E-state index is -0.369. The minimum Gasteiger partial charge on any atom is -0.469 e. The molecule has 4 aliphatic rings. The van der Waals surface area contributed by atoms with Crippen LogP contribution in [0.25, 0.3) is 0 Å². The monoisotopic (exact) mass is 422 g/mol. The van der Waals surface area contributed by atoms with E-state index >= 15 is 0 Å². The molecule has 5 nitrogen and oxygen atoms in total. The number of aliphatic hydroxyl groups is 3. The van der Waals surface area contributed by atoms with Gasteiger partial charge in [0.05, 0.1) is 25.4 Å². The Kier molecular flexibility index (Phi) is 6.04. The summed E-state index contributed by atoms with van der Waals surface area (Å²) in [7, 11) is 1.44. The summed E-state index contributed by atoms with van der Waals surface area (Å²) in [5, 5.41) is 33.1. The van der Waals surface area contributed by atoms with E-state index in [0.717, 1.165) is 51.4 Å². The molecule has 11 atom stereocenters. The van der Waals surface area contributed by atoms with Crippen LogP contribution in [0.15, 0.2) is 0 Å². The highest BCUT2D eigenvalue weighted by Crippen LogP contribution is 2.68. The van der Waals surface area contributed by atoms with Gasteiger partial charge in [0.2, 0.25) is 0 Å². The lowest BCUT2D eigenvalue weighted by molar-refractivity contribution is -0.207. The van der Waals surface area contributed by atoms with Crippen molar-refractivity contribution in [3.63, 3.8) is 0 Å². The van der Waals surface area contributed by atoms with Crippen molar-refractivity contribution in [3.05, 3.63) is 0 Å². The van der Waals surface area contributed by atoms with Crippen LogP contribution in [0, 0.1) is 46.3 Å². The van der Waals surface area contributed by atoms with E-state index < -0.39 is 0 Å². The second kappa shape index (κ2) is 8.04. The number of fused-ring (bicyclic) bond motifs is 5. The average Bonchev–Trinajstić information content (AvgIpc) is 3.06. The molecule has 0 saturated heterocycles. The van der Waals surface area contributed by atoms with E-state index in [1.165, 1.54) is 7.11 Å². The Morgan fingerprint density at radius 2 is 1.80 bits per heavy atom. The number of ether oxygens (including phenoxy) is 1. The fourth-order valence-corrected chi connectivity index (χ4v) is 8.78. The molecule has 0 radical (unpaired) electrons. The fourth-order valence-electron chi connectivity index (χ4n) is 8.78. The molecule has 0 bridgehead atoms. The van der Waals surface area contributed by atoms with Crippen LogP contribution in [0.5, 0.6) is 0 Å². The lowest BCUT2D eigenvalue weighted by atomic mass is 9.43. The maximum Gasteiger partial charge on any atom is 0.305 e. The molecule has 4 aliphatic carbocycles. The number of rotatable bonds is 4. The van der Waals surface area contributed by atoms with Crippen molar-refractivity contribution in [3.8, 4) is 0 Å². The topological polar surface area (TPSA) is 87.0 Å². The normalized spacial score (nSPS) is 51.4. The molecule has 0 aromatic heterocycles. The summed E-state index contributed by atoms with van der Waals surface area (Å²) in [6.07, 6.45) is 6.60. The molecule has 0 heterocycles. The van der Waals surface area contributed by atoms with Gasteiger partial charge in [-0.15, -0.1) is 0 Å². The first-order valence-corrected chi connectivity index (χ1v) is 12.2. The molecule has 0 spiro atoms. The lowest BCUT2D eigenvalue weighted by Crippen LogP contribution is -2.62. The SMILES string of the molecule is COC(=O)CCC(C)[C@H]1CC[C@H]2C3C(C[C@H](O)C12C)C1(C)CC[C@@H](O)CC1C[C@H]3O. The van der Waals surface area contributed by atoms with E-state index in [1.807, 2.05) is 0 Å². The third kappa shape index (κ3) is 3.34. The van der Waals surface area contributed by atoms with Crippen LogP contribution in [-0.4, -0.2) is 46.7 Å². The lowest BCUT2D eigenvalue weighted by Gasteiger charge is -2.63. The van der Waals surface area contributed by atoms with Gasteiger partial charge in [0.25, 0.3) is 0 Å². The molecular weight excluding hydrogens is 380 g/mol. The van der Waals surface area contributed by atoms with Crippen molar-refractivity contribution in [2.75, 3.05) is 7.11 Å². The van der Waals surface area contributed by atoms with Crippen molar-refractivity contribution in [1.29, 1.82) is 0 Å². The first-order valence-electron chi connectivity index (χ1n) is 12.2. The Morgan fingerprint density at radius 3 is 2.50 bits per heavy atom. The average molecular weight is 423 g/mol. The third-order valence-corrected chi connectivity index (χ3v) is 10.6. The van der Waals surface area contributed by atoms with Crippen molar-refractivity contribution < 1.29 is 24.9 Å². The molecular formula is C25H42O5. The van der Waals surface area contributed by atoms with Gasteiger partial charge in [-0.25, -0.2) is 0 Å². The van der Waals surface area contributed by atoms with E-state index in [2.05, 4.69) is 20.8 Å². The smallest absolute Gasteiger partial charge is 0.305 e. The third-order valence-electron chi connectivity index (χ3n) is 10.6. The Hall–Kier alpha value is -0.650. The fraction of sp³-hybridized carbons (Fsp3) is 0.960. The number of hydrogen-bond acceptors (Lipinski definition) is 5. The van der Waals surface area contributed by atoms with Crippen LogP contribution < -0.4 is 0 Å². The highest BCUT2D eigenvalue weighted by Gasteiger charge is 2.65. The molecule has 4 saturated carbocycles. The molecule has 4 fully saturated rings. The van der Waals surface area contributed by atoms with Crippen molar-refractivity contribution in [2.24, 2.45) is 46.3 Å². The van der Waals surface area contributed by atoms with Gasteiger partial charge in [0.15, 0.2) is 0 Å². The van der Waals surface area contributed by atoms with Gasteiger partial charge in [-0.2, -0.15) is 0 Å². The number of carbonyl (C=O) groups is 1. The Balaban J connectivity index is 1.58. The molecule has 6 unspecified atom stereocenters. The Morgan fingerprint density at radius 1 is 1.07 bits per heavy atom. The van der Waals surface area contributed by atoms with Crippen LogP contribution in [-0.2, 0) is 9.53 Å². The summed E-state index contributed by atoms with van der Waals surface area (Å²) >= 11 is 0. The molecule has 0 aliphatic heterocycles. The van der Waals surface area contributed by atoms with Crippen LogP contribution in [0.1, 0.15) is 78.6 Å². The molecule has 4 rings (SSSR count). The second-order valence-corrected chi connectivity index (χ2v) is 11.6. The van der Waals surface area contributed by atoms with Gasteiger partial charge in [-0.3, -0.25) is 4.79 Å². The van der Waals surface area contributed by atoms with Crippen LogP contribution in [0.3, 0.4) is 0 Å². The summed E-state index contributed by atoms with van der Waals surface area (Å²) in [6.45, 7) is 6.85. The quantitative estimate of drug-likeness (QED) is 0.603. The summed E-state index contributed by atoms with van der Waals surface area (Å²) in [5.74, 6) is 1.81. The highest BCUT2D eigenvalue weighted by atomic mass is 16.5. The van der Waals surface area contributed by atoms with Crippen molar-refractivity contribution in [1.82, 2.24) is 0 Å². The standard InChI is InChI=1S/C25H42O5/c1-14(5-8-22(29)30-4)17-6-7-18-23-19(13-21(28)25(17,18)3)24(2)10-9-16(26)11-15(24)12-20(23)27/h14-21,23,26-28H,5-13H2,1-4H3/t14?,15?,16-,17-,18+,19?,20-,21+,23?,24?,25?/m1/s1. The summed E-state index contributed by atoms with van der Waals surface area (Å²) in [6, 6.07) is 0. The molecule has 0 amide bonds. The molecule has 172 valence electrons. The number of esters is 1. The Labute approximate surface area is 181 Å². The minimum absolute atomic E-state index is 0.111. The maximum atomic E-state index is 11.7. The van der Waals surface area contributed by atoms with Crippen molar-refractivity contribution in [2.45, 2.75) is 96.9 Å². The zero-order valence-electron chi connectivity index (χ0n) is 19.2. The van der Waals surface area contributed by atoms with Gasteiger partial charge in [-0.1, -0.05) is 20.8 Å². The molecule has 0 aromatic rings. The highest BCUT2D eigenvalue weighted by molar-refractivity contribution is 5.69. The van der Waals surface area contributed by atoms with Crippen molar-refractivity contribution >= 4 is 5.97 Å². The van der Waals surface area contributed by atoms with E-state index in [9.17, 15) is 20.1 Å². The predicted molar refractivity (Wildman–Crippen MR) is 114 cm³/mol. The van der Waals surface area contributed by atoms with Crippen LogP contribution >= 0.6 is 0 Å². The van der Waals surface area contributed by atoms with Crippen LogP contribution in [0.4, 0.5) is 0 Å². The van der Waals surface area contributed by atoms with Gasteiger partial charge in [0, 0.05) is 6.42 Å². The van der Waals surface area contributed by atoms with Crippen LogP contribution in [0.2, 0.25) is 0 Å². The van der Waals surface area contributed by atoms with Gasteiger partial charge in [-0.05, 0) is 97.7 Å². The molecule has 5 heteroatoms. The first kappa shape index (κ1) is 22.5. The number of aliphatic hydroxyl groups excluding tert-OH is 3. The van der Waals surface area contributed by atoms with E-state index in [0.29, 0.717) is 36.0 Å². The number of carbonyl (C=O) groups excluding carboxylic acids is 1. The predicted octanol–water partition coefficient (Wildman–Crippen LogP) is 3.54. The van der Waals surface area contributed by atoms with E-state index in [1.54, 1.807) is 0 Å². The maximum absolute atomic E-state index is 11.7. The summed E-state index contributed by atoms with van der Waals surface area (Å²) in [4.78, 5) is 11.7. The first-order chi connectivity index (χ1) is 14.1. The van der Waals surface area contributed by atoms with E-state index in [4.69, 9.17) is 4.74 Å². The zero-order valence-corrected chi connectivity index (χ0v) is 19.2. The number of methoxy groups -OCH3 is 1. The van der Waals surface area contributed by atoms with E-state index in [-0.39, 0.29) is 41.0 Å². The summed E-state index contributed by atoms with van der Waals surface area (Å²) in [5.41, 5.74) is -0.0882. The number of hydrogen-bond donors (Lipinski definition) is 3. The Bertz CT molecular complexity index is 651. The van der Waals surface area contributed by atoms with Gasteiger partial charge < -0.3 is 20.1 Å². The largest absolute Gasteiger partial charge is 0.469 e. The second-order valence-electron chi connectivity index (χ2n) is 11.6. The molecule has 0 aromatic carbocycles. The molecule has 3 N–H and O–H groups in total.